The van der Waals surface area contributed by atoms with Gasteiger partial charge in [0.15, 0.2) is 0 Å². The van der Waals surface area contributed by atoms with Gasteiger partial charge in [0.2, 0.25) is 0 Å². The second kappa shape index (κ2) is 7.50. The number of ether oxygens (including phenoxy) is 2. The van der Waals surface area contributed by atoms with E-state index in [-0.39, 0.29) is 29.7 Å². The number of halogens is 1. The third-order valence-electron chi connectivity index (χ3n) is 7.48. The lowest BCUT2D eigenvalue weighted by Crippen LogP contribution is -2.54. The number of nitrogens with one attached hydrogen (secondary N) is 1. The van der Waals surface area contributed by atoms with Crippen LogP contribution in [0.5, 0.6) is 11.5 Å². The van der Waals surface area contributed by atoms with E-state index in [0.717, 1.165) is 11.1 Å². The lowest BCUT2D eigenvalue weighted by molar-refractivity contribution is -0.125. The van der Waals surface area contributed by atoms with Gasteiger partial charge < -0.3 is 19.7 Å². The van der Waals surface area contributed by atoms with Gasteiger partial charge >= 0.3 is 0 Å². The smallest absolute Gasteiger partial charge is 0.257 e. The number of rotatable bonds is 2. The Morgan fingerprint density at radius 1 is 1.09 bits per heavy atom. The summed E-state index contributed by atoms with van der Waals surface area (Å²) >= 11 is 6.39. The fourth-order valence-electron chi connectivity index (χ4n) is 5.99. The van der Waals surface area contributed by atoms with Gasteiger partial charge in [-0.15, -0.1) is 0 Å². The molecule has 0 saturated carbocycles. The lowest BCUT2D eigenvalue weighted by atomic mass is 9.73. The molecule has 3 aliphatic rings. The fourth-order valence-corrected chi connectivity index (χ4v) is 6.17. The van der Waals surface area contributed by atoms with Crippen molar-refractivity contribution >= 4 is 29.1 Å². The van der Waals surface area contributed by atoms with E-state index in [1.54, 1.807) is 36.3 Å². The van der Waals surface area contributed by atoms with Crippen LogP contribution in [0.3, 0.4) is 0 Å². The van der Waals surface area contributed by atoms with Crippen molar-refractivity contribution in [3.05, 3.63) is 88.4 Å². The molecule has 0 bridgehead atoms. The van der Waals surface area contributed by atoms with Gasteiger partial charge in [-0.2, -0.15) is 0 Å². The Morgan fingerprint density at radius 2 is 1.88 bits per heavy atom. The number of anilines is 1. The van der Waals surface area contributed by atoms with Gasteiger partial charge in [0.1, 0.15) is 17.0 Å². The van der Waals surface area contributed by atoms with Crippen LogP contribution in [-0.4, -0.2) is 36.0 Å². The minimum Gasteiger partial charge on any atom is -0.497 e. The first-order valence-electron chi connectivity index (χ1n) is 11.2. The molecule has 0 aliphatic carbocycles. The summed E-state index contributed by atoms with van der Waals surface area (Å²) in [5, 5.41) is 3.59. The van der Waals surface area contributed by atoms with Gasteiger partial charge in [0.25, 0.3) is 11.8 Å². The highest BCUT2D eigenvalue weighted by atomic mass is 35.5. The summed E-state index contributed by atoms with van der Waals surface area (Å²) in [5.41, 5.74) is 1.53. The molecule has 0 spiro atoms. The van der Waals surface area contributed by atoms with Crippen LogP contribution < -0.4 is 14.8 Å². The zero-order chi connectivity index (χ0) is 23.6. The third kappa shape index (κ3) is 2.81. The van der Waals surface area contributed by atoms with Crippen LogP contribution in [0.25, 0.3) is 0 Å². The minimum atomic E-state index is -1.16. The standard InChI is InChI=1S/C27H23ClN2O4/c1-27-23(15-6-4-3-5-7-15)20-14-34-22-11-8-16(28)12-19(22)24(20)30(27)25(31)18-13-17(33-2)9-10-21(18)29-26(27)32/h3-13,20,23-24H,14H2,1-2H3,(H,29,32)/t20?,23?,24?,27-/m1/s1. The second-order valence-corrected chi connectivity index (χ2v) is 9.61. The predicted octanol–water partition coefficient (Wildman–Crippen LogP) is 5.05. The van der Waals surface area contributed by atoms with Gasteiger partial charge in [0, 0.05) is 22.4 Å². The van der Waals surface area contributed by atoms with Crippen LogP contribution in [0, 0.1) is 5.92 Å². The normalized spacial score (nSPS) is 26.9. The Labute approximate surface area is 202 Å². The molecule has 1 N–H and O–H groups in total. The summed E-state index contributed by atoms with van der Waals surface area (Å²) in [7, 11) is 1.56. The van der Waals surface area contributed by atoms with E-state index >= 15 is 0 Å². The average Bonchev–Trinajstić information content (AvgIpc) is 3.10. The summed E-state index contributed by atoms with van der Waals surface area (Å²) in [6.07, 6.45) is 0. The quantitative estimate of drug-likeness (QED) is 0.564. The molecule has 1 saturated heterocycles. The molecule has 0 aromatic heterocycles. The molecule has 3 unspecified atom stereocenters. The van der Waals surface area contributed by atoms with Gasteiger partial charge in [-0.1, -0.05) is 41.9 Å². The topological polar surface area (TPSA) is 67.9 Å². The first kappa shape index (κ1) is 21.1. The number of carbonyl (C=O) groups excluding carboxylic acids is 2. The SMILES string of the molecule is COc1ccc2c(c1)C(=O)N1C3c4cc(Cl)ccc4OCC3C(c3ccccc3)[C@]1(C)C(=O)N2. The lowest BCUT2D eigenvalue weighted by Gasteiger charge is -2.38. The molecular weight excluding hydrogens is 452 g/mol. The van der Waals surface area contributed by atoms with E-state index in [0.29, 0.717) is 34.4 Å². The maximum atomic E-state index is 14.3. The zero-order valence-electron chi connectivity index (χ0n) is 18.7. The maximum absolute atomic E-state index is 14.3. The van der Waals surface area contributed by atoms with Crippen LogP contribution in [0.2, 0.25) is 5.02 Å². The summed E-state index contributed by atoms with van der Waals surface area (Å²) < 4.78 is 11.5. The molecule has 34 heavy (non-hydrogen) atoms. The van der Waals surface area contributed by atoms with Crippen molar-refractivity contribution in [2.24, 2.45) is 5.92 Å². The Hall–Kier alpha value is -3.51. The van der Waals surface area contributed by atoms with Gasteiger partial charge in [0.05, 0.1) is 31.0 Å². The third-order valence-corrected chi connectivity index (χ3v) is 7.72. The molecule has 6 nitrogen and oxygen atoms in total. The van der Waals surface area contributed by atoms with Crippen molar-refractivity contribution in [1.82, 2.24) is 4.90 Å². The second-order valence-electron chi connectivity index (χ2n) is 9.18. The molecule has 4 atom stereocenters. The van der Waals surface area contributed by atoms with Crippen molar-refractivity contribution in [3.8, 4) is 11.5 Å². The molecule has 0 radical (unpaired) electrons. The summed E-state index contributed by atoms with van der Waals surface area (Å²) in [5.74, 6) is 0.361. The van der Waals surface area contributed by atoms with E-state index in [1.807, 2.05) is 49.4 Å². The first-order valence-corrected chi connectivity index (χ1v) is 11.6. The number of nitrogens with zero attached hydrogens (tertiary/aromatic N) is 1. The van der Waals surface area contributed by atoms with Crippen molar-refractivity contribution in [1.29, 1.82) is 0 Å². The van der Waals surface area contributed by atoms with E-state index in [2.05, 4.69) is 5.32 Å². The molecule has 2 amide bonds. The van der Waals surface area contributed by atoms with Crippen molar-refractivity contribution in [3.63, 3.8) is 0 Å². The highest BCUT2D eigenvalue weighted by Crippen LogP contribution is 2.60. The largest absolute Gasteiger partial charge is 0.497 e. The Morgan fingerprint density at radius 3 is 2.65 bits per heavy atom. The molecule has 3 heterocycles. The van der Waals surface area contributed by atoms with Gasteiger partial charge in [-0.05, 0) is 48.9 Å². The minimum absolute atomic E-state index is 0.139. The molecular formula is C27H23ClN2O4. The van der Waals surface area contributed by atoms with Crippen LogP contribution in [-0.2, 0) is 4.79 Å². The number of hydrogen-bond donors (Lipinski definition) is 1. The Bertz CT molecular complexity index is 1330. The van der Waals surface area contributed by atoms with Crippen LogP contribution in [0.15, 0.2) is 66.7 Å². The van der Waals surface area contributed by atoms with E-state index in [9.17, 15) is 9.59 Å². The van der Waals surface area contributed by atoms with Crippen molar-refractivity contribution < 1.29 is 19.1 Å². The maximum Gasteiger partial charge on any atom is 0.257 e. The Balaban J connectivity index is 1.62. The van der Waals surface area contributed by atoms with Crippen molar-refractivity contribution in [2.45, 2.75) is 24.4 Å². The monoisotopic (exact) mass is 474 g/mol. The Kier molecular flexibility index (Phi) is 4.64. The zero-order valence-corrected chi connectivity index (χ0v) is 19.5. The molecule has 3 aromatic rings. The molecule has 3 aromatic carbocycles. The van der Waals surface area contributed by atoms with Crippen LogP contribution in [0.4, 0.5) is 5.69 Å². The molecule has 7 heteroatoms. The van der Waals surface area contributed by atoms with E-state index in [4.69, 9.17) is 21.1 Å². The van der Waals surface area contributed by atoms with Gasteiger partial charge in [-0.25, -0.2) is 0 Å². The molecule has 172 valence electrons. The van der Waals surface area contributed by atoms with Crippen LogP contribution in [0.1, 0.15) is 40.4 Å². The number of fused-ring (bicyclic) bond motifs is 6. The fraction of sp³-hybridized carbons (Fsp3) is 0.259. The highest BCUT2D eigenvalue weighted by Gasteiger charge is 2.65. The predicted molar refractivity (Wildman–Crippen MR) is 129 cm³/mol. The van der Waals surface area contributed by atoms with Crippen molar-refractivity contribution in [2.75, 3.05) is 19.0 Å². The molecule has 6 rings (SSSR count). The van der Waals surface area contributed by atoms with Crippen LogP contribution >= 0.6 is 11.6 Å². The summed E-state index contributed by atoms with van der Waals surface area (Å²) in [4.78, 5) is 30.0. The molecule has 1 fully saturated rings. The van der Waals surface area contributed by atoms with Gasteiger partial charge in [-0.3, -0.25) is 9.59 Å². The number of amides is 2. The average molecular weight is 475 g/mol. The summed E-state index contributed by atoms with van der Waals surface area (Å²) in [6, 6.07) is 20.1. The summed E-state index contributed by atoms with van der Waals surface area (Å²) in [6.45, 7) is 2.25. The number of benzene rings is 3. The van der Waals surface area contributed by atoms with E-state index in [1.165, 1.54) is 0 Å². The number of carbonyl (C=O) groups is 2. The number of hydrogen-bond acceptors (Lipinski definition) is 4. The molecule has 3 aliphatic heterocycles. The number of methoxy groups -OCH3 is 1. The highest BCUT2D eigenvalue weighted by molar-refractivity contribution is 6.30. The first-order chi connectivity index (χ1) is 16.4. The van der Waals surface area contributed by atoms with E-state index < -0.39 is 5.54 Å².